The molecule has 5 nitrogen and oxygen atoms in total. The molecule has 1 aliphatic rings. The quantitative estimate of drug-likeness (QED) is 0.587. The zero-order valence-corrected chi connectivity index (χ0v) is 17.9. The summed E-state index contributed by atoms with van der Waals surface area (Å²) < 4.78 is 40.4. The number of thiazole rings is 1. The van der Waals surface area contributed by atoms with Gasteiger partial charge in [-0.25, -0.2) is 17.8 Å². The highest BCUT2D eigenvalue weighted by Gasteiger charge is 2.31. The number of hydrogen-bond donors (Lipinski definition) is 0. The minimum atomic E-state index is -3.76. The fourth-order valence-corrected chi connectivity index (χ4v) is 6.08. The first kappa shape index (κ1) is 20.3. The Kier molecular flexibility index (Phi) is 5.87. The number of hydrogen-bond acceptors (Lipinski definition) is 5. The highest BCUT2D eigenvalue weighted by atomic mass is 35.5. The van der Waals surface area contributed by atoms with Crippen LogP contribution in [0.25, 0.3) is 0 Å². The number of halogens is 2. The number of benzene rings is 2. The van der Waals surface area contributed by atoms with Gasteiger partial charge in [-0.1, -0.05) is 41.9 Å². The Bertz CT molecular complexity index is 1100. The van der Waals surface area contributed by atoms with Crippen molar-refractivity contribution in [2.45, 2.75) is 11.3 Å². The summed E-state index contributed by atoms with van der Waals surface area (Å²) in [7, 11) is -3.76. The minimum Gasteiger partial charge on any atom is -0.345 e. The van der Waals surface area contributed by atoms with Crippen LogP contribution < -0.4 is 4.90 Å². The molecule has 2 aromatic carbocycles. The number of anilines is 1. The van der Waals surface area contributed by atoms with Crippen LogP contribution in [0, 0.1) is 5.82 Å². The monoisotopic (exact) mass is 451 g/mol. The maximum atomic E-state index is 13.3. The molecule has 0 unspecified atom stereocenters. The van der Waals surface area contributed by atoms with Gasteiger partial charge in [-0.15, -0.1) is 11.3 Å². The van der Waals surface area contributed by atoms with Gasteiger partial charge in [-0.3, -0.25) is 0 Å². The van der Waals surface area contributed by atoms with Crippen LogP contribution in [0.1, 0.15) is 11.3 Å². The first-order valence-electron chi connectivity index (χ1n) is 9.12. The van der Waals surface area contributed by atoms with Crippen LogP contribution in [0.3, 0.4) is 0 Å². The van der Waals surface area contributed by atoms with Gasteiger partial charge in [-0.05, 0) is 23.8 Å². The maximum absolute atomic E-state index is 13.3. The first-order chi connectivity index (χ1) is 13.9. The molecule has 9 heteroatoms. The Morgan fingerprint density at radius 3 is 2.48 bits per heavy atom. The molecule has 4 rings (SSSR count). The Balaban J connectivity index is 1.42. The van der Waals surface area contributed by atoms with Gasteiger partial charge >= 0.3 is 0 Å². The first-order valence-corrected chi connectivity index (χ1v) is 11.8. The summed E-state index contributed by atoms with van der Waals surface area (Å²) in [6, 6.07) is 13.5. The number of piperazine rings is 1. The average molecular weight is 452 g/mol. The summed E-state index contributed by atoms with van der Waals surface area (Å²) in [6.45, 7) is 1.72. The van der Waals surface area contributed by atoms with Crippen molar-refractivity contribution in [3.8, 4) is 0 Å². The molecule has 0 radical (unpaired) electrons. The van der Waals surface area contributed by atoms with E-state index in [0.717, 1.165) is 29.4 Å². The zero-order valence-electron chi connectivity index (χ0n) is 15.5. The third-order valence-corrected chi connectivity index (χ3v) is 8.12. The van der Waals surface area contributed by atoms with Crippen molar-refractivity contribution in [2.24, 2.45) is 0 Å². The van der Waals surface area contributed by atoms with Gasteiger partial charge in [0.25, 0.3) is 0 Å². The van der Waals surface area contributed by atoms with Crippen LogP contribution >= 0.6 is 22.9 Å². The van der Waals surface area contributed by atoms with Crippen LogP contribution in [0.5, 0.6) is 0 Å². The van der Waals surface area contributed by atoms with E-state index in [1.54, 1.807) is 11.3 Å². The molecule has 2 heterocycles. The lowest BCUT2D eigenvalue weighted by Crippen LogP contribution is -2.48. The lowest BCUT2D eigenvalue weighted by molar-refractivity contribution is 0.384. The van der Waals surface area contributed by atoms with Crippen molar-refractivity contribution in [3.05, 3.63) is 76.0 Å². The molecule has 0 bridgehead atoms. The lowest BCUT2D eigenvalue weighted by Gasteiger charge is -2.33. The van der Waals surface area contributed by atoms with E-state index in [0.29, 0.717) is 26.2 Å². The molecule has 0 spiro atoms. The predicted octanol–water partition coefficient (Wildman–Crippen LogP) is 4.04. The molecular formula is C20H19ClFN3O2S2. The normalized spacial score (nSPS) is 15.6. The molecule has 1 saturated heterocycles. The van der Waals surface area contributed by atoms with Gasteiger partial charge < -0.3 is 4.90 Å². The van der Waals surface area contributed by atoms with Crippen LogP contribution in [-0.4, -0.2) is 43.9 Å². The van der Waals surface area contributed by atoms with E-state index in [9.17, 15) is 12.8 Å². The predicted molar refractivity (Wildman–Crippen MR) is 114 cm³/mol. The summed E-state index contributed by atoms with van der Waals surface area (Å²) in [5.74, 6) is -0.561. The molecule has 1 aliphatic heterocycles. The highest BCUT2D eigenvalue weighted by Crippen LogP contribution is 2.28. The second-order valence-electron chi connectivity index (χ2n) is 6.75. The van der Waals surface area contributed by atoms with E-state index in [1.807, 2.05) is 23.6 Å². The topological polar surface area (TPSA) is 53.5 Å². The molecule has 3 aromatic rings. The van der Waals surface area contributed by atoms with E-state index in [4.69, 9.17) is 16.6 Å². The van der Waals surface area contributed by atoms with Gasteiger partial charge in [0.1, 0.15) is 10.7 Å². The average Bonchev–Trinajstić information content (AvgIpc) is 3.17. The fourth-order valence-electron chi connectivity index (χ4n) is 3.27. The van der Waals surface area contributed by atoms with Gasteiger partial charge in [0.15, 0.2) is 5.13 Å². The number of sulfonamides is 1. The highest BCUT2D eigenvalue weighted by molar-refractivity contribution is 7.89. The second kappa shape index (κ2) is 8.39. The lowest BCUT2D eigenvalue weighted by atomic mass is 10.1. The molecule has 1 aromatic heterocycles. The van der Waals surface area contributed by atoms with E-state index < -0.39 is 15.8 Å². The number of aromatic nitrogens is 1. The maximum Gasteiger partial charge on any atom is 0.244 e. The van der Waals surface area contributed by atoms with Gasteiger partial charge in [0.2, 0.25) is 10.0 Å². The van der Waals surface area contributed by atoms with E-state index in [2.05, 4.69) is 17.0 Å². The molecule has 29 heavy (non-hydrogen) atoms. The largest absolute Gasteiger partial charge is 0.345 e. The van der Waals surface area contributed by atoms with Crippen LogP contribution in [0.15, 0.2) is 58.8 Å². The van der Waals surface area contributed by atoms with Gasteiger partial charge in [0, 0.05) is 38.0 Å². The molecule has 0 N–H and O–H groups in total. The van der Waals surface area contributed by atoms with E-state index in [1.165, 1.54) is 15.9 Å². The van der Waals surface area contributed by atoms with E-state index >= 15 is 0 Å². The van der Waals surface area contributed by atoms with Crippen molar-refractivity contribution in [1.82, 2.24) is 9.29 Å². The van der Waals surface area contributed by atoms with Crippen molar-refractivity contribution < 1.29 is 12.8 Å². The minimum absolute atomic E-state index is 0.0617. The van der Waals surface area contributed by atoms with Gasteiger partial charge in [-0.2, -0.15) is 4.31 Å². The third-order valence-electron chi connectivity index (χ3n) is 4.79. The number of rotatable bonds is 5. The summed E-state index contributed by atoms with van der Waals surface area (Å²) >= 11 is 7.53. The SMILES string of the molecule is O=S(=O)(c1ccc(F)cc1Cl)N1CCN(c2nc(Cc3ccccc3)cs2)CC1. The molecule has 1 fully saturated rings. The molecule has 0 amide bonds. The molecule has 152 valence electrons. The van der Waals surface area contributed by atoms with Crippen molar-refractivity contribution in [2.75, 3.05) is 31.1 Å². The Labute approximate surface area is 178 Å². The molecule has 0 atom stereocenters. The van der Waals surface area contributed by atoms with Crippen LogP contribution in [0.2, 0.25) is 5.02 Å². The second-order valence-corrected chi connectivity index (χ2v) is 9.90. The summed E-state index contributed by atoms with van der Waals surface area (Å²) in [5.41, 5.74) is 2.21. The fraction of sp³-hybridized carbons (Fsp3) is 0.250. The van der Waals surface area contributed by atoms with Crippen molar-refractivity contribution >= 4 is 38.1 Å². The van der Waals surface area contributed by atoms with Crippen molar-refractivity contribution in [1.29, 1.82) is 0 Å². The Morgan fingerprint density at radius 2 is 1.79 bits per heavy atom. The van der Waals surface area contributed by atoms with Gasteiger partial charge in [0.05, 0.1) is 10.7 Å². The molecule has 0 saturated carbocycles. The summed E-state index contributed by atoms with van der Waals surface area (Å²) in [4.78, 5) is 6.75. The Morgan fingerprint density at radius 1 is 1.07 bits per heavy atom. The standard InChI is InChI=1S/C20H19ClFN3O2S2/c21-18-13-16(22)6-7-19(18)29(26,27)25-10-8-24(9-11-25)20-23-17(14-28-20)12-15-4-2-1-3-5-15/h1-7,13-14H,8-12H2. The van der Waals surface area contributed by atoms with Crippen LogP contribution in [0.4, 0.5) is 9.52 Å². The summed E-state index contributed by atoms with van der Waals surface area (Å²) in [6.07, 6.45) is 0.773. The van der Waals surface area contributed by atoms with Crippen LogP contribution in [-0.2, 0) is 16.4 Å². The molecule has 0 aliphatic carbocycles. The third kappa shape index (κ3) is 4.45. The molecular weight excluding hydrogens is 433 g/mol. The van der Waals surface area contributed by atoms with E-state index in [-0.39, 0.29) is 9.92 Å². The summed E-state index contributed by atoms with van der Waals surface area (Å²) in [5, 5.41) is 2.84. The Hall–Kier alpha value is -2.00. The smallest absolute Gasteiger partial charge is 0.244 e. The number of nitrogens with zero attached hydrogens (tertiary/aromatic N) is 3. The van der Waals surface area contributed by atoms with Crippen molar-refractivity contribution in [3.63, 3.8) is 0 Å². The zero-order chi connectivity index (χ0) is 20.4.